The minimum absolute atomic E-state index is 0.259. The molecule has 0 aromatic heterocycles. The van der Waals surface area contributed by atoms with E-state index in [1.165, 1.54) is 16.0 Å². The average Bonchev–Trinajstić information content (AvgIpc) is 2.35. The van der Waals surface area contributed by atoms with Crippen LogP contribution in [0.5, 0.6) is 0 Å². The first-order chi connectivity index (χ1) is 5.29. The Hall–Kier alpha value is -0.470. The van der Waals surface area contributed by atoms with Crippen LogP contribution in [0.15, 0.2) is 23.1 Å². The summed E-state index contributed by atoms with van der Waals surface area (Å²) in [7, 11) is 0. The Bertz CT molecular complexity index is 283. The Kier molecular flexibility index (Phi) is 1.66. The van der Waals surface area contributed by atoms with Gasteiger partial charge in [-0.25, -0.2) is 0 Å². The van der Waals surface area contributed by atoms with Gasteiger partial charge < -0.3 is 5.73 Å². The van der Waals surface area contributed by atoms with Gasteiger partial charge in [0.1, 0.15) is 0 Å². The highest BCUT2D eigenvalue weighted by atomic mass is 32.2. The molecule has 1 aliphatic rings. The normalized spacial score (nSPS) is 21.8. The Morgan fingerprint density at radius 3 is 3.09 bits per heavy atom. The lowest BCUT2D eigenvalue weighted by molar-refractivity contribution is 0.831. The fourth-order valence-electron chi connectivity index (χ4n) is 1.43. The molecule has 0 spiro atoms. The first-order valence-corrected chi connectivity index (χ1v) is 4.75. The molecule has 1 unspecified atom stereocenters. The maximum absolute atomic E-state index is 5.89. The number of hydrogen-bond acceptors (Lipinski definition) is 2. The summed E-state index contributed by atoms with van der Waals surface area (Å²) >= 11 is 1.88. The van der Waals surface area contributed by atoms with E-state index in [2.05, 4.69) is 25.1 Å². The lowest BCUT2D eigenvalue weighted by Gasteiger charge is -2.03. The summed E-state index contributed by atoms with van der Waals surface area (Å²) in [6, 6.07) is 6.62. The molecule has 0 saturated heterocycles. The molecule has 2 heteroatoms. The molecule has 0 saturated carbocycles. The van der Waals surface area contributed by atoms with E-state index < -0.39 is 0 Å². The van der Waals surface area contributed by atoms with Crippen molar-refractivity contribution >= 4 is 11.8 Å². The molecule has 1 aromatic carbocycles. The highest BCUT2D eigenvalue weighted by Gasteiger charge is 2.20. The summed E-state index contributed by atoms with van der Waals surface area (Å²) in [5, 5.41) is 0. The zero-order valence-corrected chi connectivity index (χ0v) is 7.32. The van der Waals surface area contributed by atoms with Crippen molar-refractivity contribution in [3.8, 4) is 0 Å². The van der Waals surface area contributed by atoms with Crippen LogP contribution >= 0.6 is 11.8 Å². The van der Waals surface area contributed by atoms with Gasteiger partial charge in [-0.15, -0.1) is 11.8 Å². The van der Waals surface area contributed by atoms with Crippen LogP contribution in [0.1, 0.15) is 17.2 Å². The van der Waals surface area contributed by atoms with Crippen LogP contribution in [0.3, 0.4) is 0 Å². The van der Waals surface area contributed by atoms with Crippen LogP contribution < -0.4 is 5.73 Å². The summed E-state index contributed by atoms with van der Waals surface area (Å²) in [5.41, 5.74) is 8.58. The fraction of sp³-hybridized carbons (Fsp3) is 0.333. The first-order valence-electron chi connectivity index (χ1n) is 3.77. The summed E-state index contributed by atoms with van der Waals surface area (Å²) in [6.45, 7) is 2.14. The number of rotatable bonds is 0. The molecule has 1 aliphatic heterocycles. The minimum Gasteiger partial charge on any atom is -0.323 e. The van der Waals surface area contributed by atoms with Gasteiger partial charge in [0.05, 0.1) is 0 Å². The van der Waals surface area contributed by atoms with Gasteiger partial charge >= 0.3 is 0 Å². The molecule has 1 nitrogen and oxygen atoms in total. The van der Waals surface area contributed by atoms with Gasteiger partial charge in [0.2, 0.25) is 0 Å². The number of aryl methyl sites for hydroxylation is 1. The van der Waals surface area contributed by atoms with Crippen LogP contribution in [0.4, 0.5) is 0 Å². The summed E-state index contributed by atoms with van der Waals surface area (Å²) in [5.74, 6) is 1.04. The molecule has 2 N–H and O–H groups in total. The third-order valence-electron chi connectivity index (χ3n) is 2.05. The van der Waals surface area contributed by atoms with Gasteiger partial charge in [-0.1, -0.05) is 18.2 Å². The van der Waals surface area contributed by atoms with Crippen LogP contribution in [0.2, 0.25) is 0 Å². The summed E-state index contributed by atoms with van der Waals surface area (Å²) in [4.78, 5) is 1.40. The van der Waals surface area contributed by atoms with E-state index in [0.717, 1.165) is 5.75 Å². The van der Waals surface area contributed by atoms with E-state index in [1.807, 2.05) is 11.8 Å². The third-order valence-corrected chi connectivity index (χ3v) is 3.42. The summed E-state index contributed by atoms with van der Waals surface area (Å²) in [6.07, 6.45) is 0. The van der Waals surface area contributed by atoms with E-state index in [0.29, 0.717) is 0 Å². The zero-order valence-electron chi connectivity index (χ0n) is 6.50. The van der Waals surface area contributed by atoms with Gasteiger partial charge in [-0.2, -0.15) is 0 Å². The molecule has 0 bridgehead atoms. The Labute approximate surface area is 71.0 Å². The topological polar surface area (TPSA) is 26.0 Å². The molecule has 0 amide bonds. The number of thioether (sulfide) groups is 1. The van der Waals surface area contributed by atoms with Crippen LogP contribution in [-0.4, -0.2) is 5.75 Å². The maximum atomic E-state index is 5.89. The molecule has 0 fully saturated rings. The van der Waals surface area contributed by atoms with Crippen molar-refractivity contribution in [2.24, 2.45) is 5.73 Å². The molecular formula is C9H11NS. The molecule has 2 rings (SSSR count). The number of hydrogen-bond donors (Lipinski definition) is 1. The van der Waals surface area contributed by atoms with E-state index in [1.54, 1.807) is 0 Å². The Morgan fingerprint density at radius 1 is 1.55 bits per heavy atom. The smallest absolute Gasteiger partial charge is 0.0401 e. The third kappa shape index (κ3) is 1.06. The second-order valence-electron chi connectivity index (χ2n) is 2.91. The molecular weight excluding hydrogens is 154 g/mol. The second-order valence-corrected chi connectivity index (χ2v) is 3.94. The monoisotopic (exact) mass is 165 g/mol. The quantitative estimate of drug-likeness (QED) is 0.637. The number of nitrogens with two attached hydrogens (primary N) is 1. The van der Waals surface area contributed by atoms with Gasteiger partial charge in [0.25, 0.3) is 0 Å². The van der Waals surface area contributed by atoms with Crippen molar-refractivity contribution < 1.29 is 0 Å². The second kappa shape index (κ2) is 2.54. The van der Waals surface area contributed by atoms with Gasteiger partial charge in [0.15, 0.2) is 0 Å². The van der Waals surface area contributed by atoms with Crippen molar-refractivity contribution in [2.45, 2.75) is 17.9 Å². The highest BCUT2D eigenvalue weighted by molar-refractivity contribution is 7.99. The summed E-state index contributed by atoms with van der Waals surface area (Å²) < 4.78 is 0. The van der Waals surface area contributed by atoms with E-state index >= 15 is 0 Å². The van der Waals surface area contributed by atoms with Crippen molar-refractivity contribution in [3.63, 3.8) is 0 Å². The lowest BCUT2D eigenvalue weighted by Crippen LogP contribution is -2.08. The van der Waals surface area contributed by atoms with Crippen LogP contribution in [0, 0.1) is 6.92 Å². The Morgan fingerprint density at radius 2 is 2.36 bits per heavy atom. The lowest BCUT2D eigenvalue weighted by atomic mass is 10.1. The Balaban J connectivity index is 2.57. The molecule has 0 aliphatic carbocycles. The zero-order chi connectivity index (χ0) is 7.84. The maximum Gasteiger partial charge on any atom is 0.0401 e. The number of fused-ring (bicyclic) bond motifs is 1. The first kappa shape index (κ1) is 7.19. The van der Waals surface area contributed by atoms with E-state index in [9.17, 15) is 0 Å². The van der Waals surface area contributed by atoms with Crippen LogP contribution in [0.25, 0.3) is 0 Å². The van der Waals surface area contributed by atoms with Crippen molar-refractivity contribution in [1.82, 2.24) is 0 Å². The fourth-order valence-corrected chi connectivity index (χ4v) is 2.63. The molecule has 11 heavy (non-hydrogen) atoms. The highest BCUT2D eigenvalue weighted by Crippen LogP contribution is 2.38. The van der Waals surface area contributed by atoms with Gasteiger partial charge in [-0.05, 0) is 18.1 Å². The minimum atomic E-state index is 0.259. The molecule has 1 heterocycles. The van der Waals surface area contributed by atoms with Crippen molar-refractivity contribution in [3.05, 3.63) is 29.3 Å². The van der Waals surface area contributed by atoms with Gasteiger partial charge in [-0.3, -0.25) is 0 Å². The SMILES string of the molecule is Cc1cccc2c1SCC2N. The largest absolute Gasteiger partial charge is 0.323 e. The van der Waals surface area contributed by atoms with Gasteiger partial charge in [0, 0.05) is 16.7 Å². The molecule has 1 aromatic rings. The van der Waals surface area contributed by atoms with E-state index in [-0.39, 0.29) is 6.04 Å². The predicted molar refractivity (Wildman–Crippen MR) is 48.8 cm³/mol. The predicted octanol–water partition coefficient (Wildman–Crippen LogP) is 2.10. The molecule has 1 atom stereocenters. The van der Waals surface area contributed by atoms with Crippen molar-refractivity contribution in [1.29, 1.82) is 0 Å². The average molecular weight is 165 g/mol. The standard InChI is InChI=1S/C9H11NS/c1-6-3-2-4-7-8(10)5-11-9(6)7/h2-4,8H,5,10H2,1H3. The molecule has 58 valence electrons. The van der Waals surface area contributed by atoms with Crippen LogP contribution in [-0.2, 0) is 0 Å². The molecule has 0 radical (unpaired) electrons. The van der Waals surface area contributed by atoms with E-state index in [4.69, 9.17) is 5.73 Å². The number of benzene rings is 1. The van der Waals surface area contributed by atoms with Crippen molar-refractivity contribution in [2.75, 3.05) is 5.75 Å².